The number of aromatic nitrogens is 1. The van der Waals surface area contributed by atoms with Crippen LogP contribution in [0.25, 0.3) is 11.1 Å². The molecule has 0 bridgehead atoms. The van der Waals surface area contributed by atoms with Crippen molar-refractivity contribution < 1.29 is 22.7 Å². The van der Waals surface area contributed by atoms with E-state index in [-0.39, 0.29) is 12.5 Å². The number of anilines is 2. The molecule has 26 heavy (non-hydrogen) atoms. The highest BCUT2D eigenvalue weighted by molar-refractivity contribution is 5.92. The van der Waals surface area contributed by atoms with Crippen LogP contribution in [-0.2, 0) is 15.7 Å². The minimum absolute atomic E-state index is 0.0885. The summed E-state index contributed by atoms with van der Waals surface area (Å²) < 4.78 is 44.2. The Labute approximate surface area is 149 Å². The fraction of sp³-hybridized carbons (Fsp3) is 0.333. The Hall–Kier alpha value is -2.61. The Kier molecular flexibility index (Phi) is 6.20. The van der Waals surface area contributed by atoms with Crippen molar-refractivity contribution in [3.05, 3.63) is 42.1 Å². The number of nitrogens with one attached hydrogen (secondary N) is 1. The van der Waals surface area contributed by atoms with E-state index in [9.17, 15) is 18.0 Å². The maximum atomic E-state index is 13.1. The van der Waals surface area contributed by atoms with E-state index in [2.05, 4.69) is 10.3 Å². The third kappa shape index (κ3) is 4.95. The molecule has 0 fully saturated rings. The van der Waals surface area contributed by atoms with Crippen molar-refractivity contribution in [3.63, 3.8) is 0 Å². The summed E-state index contributed by atoms with van der Waals surface area (Å²) in [7, 11) is 3.40. The number of ether oxygens (including phenoxy) is 1. The minimum atomic E-state index is -4.49. The van der Waals surface area contributed by atoms with Gasteiger partial charge in [-0.3, -0.25) is 4.79 Å². The number of amides is 1. The van der Waals surface area contributed by atoms with Gasteiger partial charge >= 0.3 is 6.18 Å². The molecule has 5 nitrogen and oxygen atoms in total. The molecule has 0 radical (unpaired) electrons. The molecule has 1 aromatic carbocycles. The Morgan fingerprint density at radius 3 is 2.62 bits per heavy atom. The summed E-state index contributed by atoms with van der Waals surface area (Å²) in [4.78, 5) is 17.4. The molecular formula is C18H20F3N3O2. The second-order valence-electron chi connectivity index (χ2n) is 5.75. The van der Waals surface area contributed by atoms with Crippen LogP contribution in [0.2, 0.25) is 0 Å². The quantitative estimate of drug-likeness (QED) is 0.844. The average Bonchev–Trinajstić information content (AvgIpc) is 2.58. The first-order chi connectivity index (χ1) is 12.2. The van der Waals surface area contributed by atoms with Crippen molar-refractivity contribution in [3.8, 4) is 11.1 Å². The summed E-state index contributed by atoms with van der Waals surface area (Å²) in [5, 5.41) is 2.66. The summed E-state index contributed by atoms with van der Waals surface area (Å²) in [5.74, 6) is 0.0646. The van der Waals surface area contributed by atoms with E-state index >= 15 is 0 Å². The molecule has 1 N–H and O–H groups in total. The molecule has 1 amide bonds. The molecule has 0 atom stereocenters. The van der Waals surface area contributed by atoms with Gasteiger partial charge < -0.3 is 15.0 Å². The third-order valence-corrected chi connectivity index (χ3v) is 3.51. The van der Waals surface area contributed by atoms with E-state index in [1.807, 2.05) is 0 Å². The zero-order valence-electron chi connectivity index (χ0n) is 14.7. The number of hydrogen-bond donors (Lipinski definition) is 1. The highest BCUT2D eigenvalue weighted by atomic mass is 19.4. The van der Waals surface area contributed by atoms with Gasteiger partial charge in [0, 0.05) is 38.1 Å². The first kappa shape index (κ1) is 19.7. The van der Waals surface area contributed by atoms with Crippen LogP contribution in [0.3, 0.4) is 0 Å². The van der Waals surface area contributed by atoms with Gasteiger partial charge in [-0.25, -0.2) is 4.98 Å². The first-order valence-electron chi connectivity index (χ1n) is 7.95. The van der Waals surface area contributed by atoms with Crippen molar-refractivity contribution >= 4 is 17.4 Å². The van der Waals surface area contributed by atoms with Gasteiger partial charge in [0.05, 0.1) is 5.56 Å². The Morgan fingerprint density at radius 2 is 2.00 bits per heavy atom. The van der Waals surface area contributed by atoms with Crippen molar-refractivity contribution in [1.82, 2.24) is 4.98 Å². The molecule has 0 spiro atoms. The molecule has 2 rings (SSSR count). The van der Waals surface area contributed by atoms with E-state index in [1.165, 1.54) is 0 Å². The normalized spacial score (nSPS) is 11.3. The highest BCUT2D eigenvalue weighted by Crippen LogP contribution is 2.36. The monoisotopic (exact) mass is 367 g/mol. The molecule has 8 heteroatoms. The lowest BCUT2D eigenvalue weighted by atomic mass is 10.0. The van der Waals surface area contributed by atoms with Gasteiger partial charge in [0.15, 0.2) is 0 Å². The summed E-state index contributed by atoms with van der Waals surface area (Å²) in [6, 6.07) is 7.65. The van der Waals surface area contributed by atoms with E-state index in [1.54, 1.807) is 50.2 Å². The highest BCUT2D eigenvalue weighted by Gasteiger charge is 2.32. The molecule has 0 unspecified atom stereocenters. The van der Waals surface area contributed by atoms with Crippen LogP contribution in [0.15, 0.2) is 36.5 Å². The van der Waals surface area contributed by atoms with E-state index in [4.69, 9.17) is 4.74 Å². The van der Waals surface area contributed by atoms with Crippen molar-refractivity contribution in [2.24, 2.45) is 0 Å². The maximum absolute atomic E-state index is 13.1. The number of nitrogens with zero attached hydrogens (tertiary/aromatic N) is 2. The zero-order valence-corrected chi connectivity index (χ0v) is 14.7. The van der Waals surface area contributed by atoms with Crippen molar-refractivity contribution in [2.75, 3.05) is 37.5 Å². The standard InChI is InChI=1S/C18H20F3N3O2/c1-4-26-11-16(25)23-14-7-5-6-12(8-14)15-9-13(18(19,20)21)10-22-17(15)24(2)3/h5-10H,4,11H2,1-3H3,(H,23,25). The van der Waals surface area contributed by atoms with Crippen LogP contribution in [0.1, 0.15) is 12.5 Å². The lowest BCUT2D eigenvalue weighted by molar-refractivity contribution is -0.137. The summed E-state index contributed by atoms with van der Waals surface area (Å²) in [6.07, 6.45) is -3.68. The van der Waals surface area contributed by atoms with Crippen LogP contribution in [0, 0.1) is 0 Å². The number of pyridine rings is 1. The summed E-state index contributed by atoms with van der Waals surface area (Å²) >= 11 is 0. The average molecular weight is 367 g/mol. The van der Waals surface area contributed by atoms with E-state index in [0.29, 0.717) is 29.2 Å². The van der Waals surface area contributed by atoms with Crippen LogP contribution >= 0.6 is 0 Å². The molecule has 0 saturated heterocycles. The molecular weight excluding hydrogens is 347 g/mol. The number of halogens is 3. The topological polar surface area (TPSA) is 54.5 Å². The van der Waals surface area contributed by atoms with Gasteiger partial charge in [-0.1, -0.05) is 12.1 Å². The fourth-order valence-electron chi connectivity index (χ4n) is 2.34. The van der Waals surface area contributed by atoms with Crippen molar-refractivity contribution in [1.29, 1.82) is 0 Å². The zero-order chi connectivity index (χ0) is 19.3. The Balaban J connectivity index is 2.40. The van der Waals surface area contributed by atoms with Gasteiger partial charge in [0.1, 0.15) is 12.4 Å². The van der Waals surface area contributed by atoms with Gasteiger partial charge in [-0.05, 0) is 30.7 Å². The Bertz CT molecular complexity index is 777. The molecule has 0 aliphatic carbocycles. The third-order valence-electron chi connectivity index (χ3n) is 3.51. The van der Waals surface area contributed by atoms with Crippen LogP contribution in [0.4, 0.5) is 24.7 Å². The largest absolute Gasteiger partial charge is 0.417 e. The molecule has 0 aliphatic heterocycles. The molecule has 140 valence electrons. The predicted molar refractivity (Wildman–Crippen MR) is 94.1 cm³/mol. The SMILES string of the molecule is CCOCC(=O)Nc1cccc(-c2cc(C(F)(F)F)cnc2N(C)C)c1. The molecule has 1 heterocycles. The van der Waals surface area contributed by atoms with Crippen LogP contribution < -0.4 is 10.2 Å². The number of hydrogen-bond acceptors (Lipinski definition) is 4. The first-order valence-corrected chi connectivity index (χ1v) is 7.95. The predicted octanol–water partition coefficient (Wildman–Crippen LogP) is 3.81. The lowest BCUT2D eigenvalue weighted by Gasteiger charge is -2.18. The van der Waals surface area contributed by atoms with Crippen LogP contribution in [-0.4, -0.2) is 38.2 Å². The molecule has 2 aromatic rings. The number of alkyl halides is 3. The Morgan fingerprint density at radius 1 is 1.27 bits per heavy atom. The van der Waals surface area contributed by atoms with Crippen molar-refractivity contribution in [2.45, 2.75) is 13.1 Å². The maximum Gasteiger partial charge on any atom is 0.417 e. The molecule has 0 saturated carbocycles. The van der Waals surface area contributed by atoms with Gasteiger partial charge in [0.25, 0.3) is 0 Å². The van der Waals surface area contributed by atoms with E-state index < -0.39 is 11.7 Å². The molecule has 0 aliphatic rings. The summed E-state index contributed by atoms with van der Waals surface area (Å²) in [6.45, 7) is 2.10. The smallest absolute Gasteiger partial charge is 0.372 e. The van der Waals surface area contributed by atoms with Gasteiger partial charge in [-0.2, -0.15) is 13.2 Å². The van der Waals surface area contributed by atoms with E-state index in [0.717, 1.165) is 12.3 Å². The van der Waals surface area contributed by atoms with Gasteiger partial charge in [0.2, 0.25) is 5.91 Å². The number of benzene rings is 1. The number of carbonyl (C=O) groups excluding carboxylic acids is 1. The molecule has 1 aromatic heterocycles. The second-order valence-corrected chi connectivity index (χ2v) is 5.75. The number of rotatable bonds is 6. The van der Waals surface area contributed by atoms with Gasteiger partial charge in [-0.15, -0.1) is 0 Å². The number of carbonyl (C=O) groups is 1. The fourth-order valence-corrected chi connectivity index (χ4v) is 2.34. The minimum Gasteiger partial charge on any atom is -0.372 e. The summed E-state index contributed by atoms with van der Waals surface area (Å²) in [5.41, 5.74) is 0.477. The lowest BCUT2D eigenvalue weighted by Crippen LogP contribution is -2.18. The van der Waals surface area contributed by atoms with Crippen LogP contribution in [0.5, 0.6) is 0 Å². The second kappa shape index (κ2) is 8.18.